The first-order valence-electron chi connectivity index (χ1n) is 9.53. The van der Waals surface area contributed by atoms with Crippen LogP contribution in [0.15, 0.2) is 71.1 Å². The van der Waals surface area contributed by atoms with Crippen molar-refractivity contribution in [1.82, 2.24) is 4.98 Å². The molecule has 3 aromatic carbocycles. The Morgan fingerprint density at radius 1 is 1.07 bits per heavy atom. The number of anilines is 1. The highest BCUT2D eigenvalue weighted by molar-refractivity contribution is 6.30. The van der Waals surface area contributed by atoms with E-state index in [4.69, 9.17) is 16.0 Å². The second-order valence-corrected chi connectivity index (χ2v) is 7.77. The Balaban J connectivity index is 1.53. The fourth-order valence-electron chi connectivity index (χ4n) is 3.15. The number of hydrogen-bond donors (Lipinski definition) is 1. The van der Waals surface area contributed by atoms with E-state index in [1.165, 1.54) is 5.56 Å². The number of amides is 1. The predicted octanol–water partition coefficient (Wildman–Crippen LogP) is 6.45. The highest BCUT2D eigenvalue weighted by atomic mass is 35.5. The lowest BCUT2D eigenvalue weighted by Gasteiger charge is -2.06. The number of nitrogens with one attached hydrogen (secondary N) is 1. The third-order valence-electron chi connectivity index (χ3n) is 4.75. The first-order chi connectivity index (χ1) is 14.0. The van der Waals surface area contributed by atoms with E-state index in [0.717, 1.165) is 22.2 Å². The zero-order valence-corrected chi connectivity index (χ0v) is 17.0. The number of nitrogens with zero attached hydrogens (tertiary/aromatic N) is 1. The van der Waals surface area contributed by atoms with Crippen LogP contribution >= 0.6 is 11.6 Å². The van der Waals surface area contributed by atoms with Crippen LogP contribution in [0.1, 0.15) is 30.9 Å². The Morgan fingerprint density at radius 3 is 2.62 bits per heavy atom. The van der Waals surface area contributed by atoms with Gasteiger partial charge in [-0.05, 0) is 59.5 Å². The molecule has 0 unspecified atom stereocenters. The van der Waals surface area contributed by atoms with Gasteiger partial charge in [-0.2, -0.15) is 0 Å². The van der Waals surface area contributed by atoms with Crippen molar-refractivity contribution in [3.63, 3.8) is 0 Å². The number of hydrogen-bond acceptors (Lipinski definition) is 3. The molecule has 4 rings (SSSR count). The number of oxazole rings is 1. The molecule has 0 spiro atoms. The van der Waals surface area contributed by atoms with Gasteiger partial charge in [0.15, 0.2) is 5.58 Å². The largest absolute Gasteiger partial charge is 0.436 e. The van der Waals surface area contributed by atoms with Crippen molar-refractivity contribution < 1.29 is 9.21 Å². The molecule has 1 amide bonds. The van der Waals surface area contributed by atoms with E-state index in [1.807, 2.05) is 42.5 Å². The molecule has 0 saturated heterocycles. The third-order valence-corrected chi connectivity index (χ3v) is 5.00. The molecule has 1 N–H and O–H groups in total. The number of carbonyl (C=O) groups is 1. The van der Waals surface area contributed by atoms with Crippen molar-refractivity contribution in [2.24, 2.45) is 0 Å². The quantitative estimate of drug-likeness (QED) is 0.415. The van der Waals surface area contributed by atoms with Crippen LogP contribution < -0.4 is 5.32 Å². The second-order valence-electron chi connectivity index (χ2n) is 7.33. The molecule has 5 heteroatoms. The SMILES string of the molecule is CC(C)c1ccc2oc(-c3cccc(NC(=O)Cc4ccc(Cl)cc4)c3)nc2c1. The van der Waals surface area contributed by atoms with Crippen molar-refractivity contribution in [2.45, 2.75) is 26.2 Å². The number of benzene rings is 3. The van der Waals surface area contributed by atoms with E-state index < -0.39 is 0 Å². The smallest absolute Gasteiger partial charge is 0.228 e. The summed E-state index contributed by atoms with van der Waals surface area (Å²) in [6.07, 6.45) is 0.280. The summed E-state index contributed by atoms with van der Waals surface area (Å²) in [6.45, 7) is 4.30. The van der Waals surface area contributed by atoms with Gasteiger partial charge < -0.3 is 9.73 Å². The summed E-state index contributed by atoms with van der Waals surface area (Å²) >= 11 is 5.89. The lowest BCUT2D eigenvalue weighted by Crippen LogP contribution is -2.14. The van der Waals surface area contributed by atoms with Gasteiger partial charge in [-0.1, -0.05) is 49.7 Å². The van der Waals surface area contributed by atoms with Crippen molar-refractivity contribution in [2.75, 3.05) is 5.32 Å². The van der Waals surface area contributed by atoms with Gasteiger partial charge in [0, 0.05) is 16.3 Å². The minimum absolute atomic E-state index is 0.0939. The highest BCUT2D eigenvalue weighted by Crippen LogP contribution is 2.28. The summed E-state index contributed by atoms with van der Waals surface area (Å²) in [6, 6.07) is 20.9. The summed E-state index contributed by atoms with van der Waals surface area (Å²) in [4.78, 5) is 17.0. The van der Waals surface area contributed by atoms with Gasteiger partial charge in [0.05, 0.1) is 6.42 Å². The van der Waals surface area contributed by atoms with Crippen LogP contribution in [0.4, 0.5) is 5.69 Å². The van der Waals surface area contributed by atoms with Crippen LogP contribution in [0.2, 0.25) is 5.02 Å². The first-order valence-corrected chi connectivity index (χ1v) is 9.91. The van der Waals surface area contributed by atoms with Gasteiger partial charge in [-0.25, -0.2) is 4.98 Å². The molecule has 0 atom stereocenters. The minimum Gasteiger partial charge on any atom is -0.436 e. The average molecular weight is 405 g/mol. The molecule has 0 aliphatic carbocycles. The Kier molecular flexibility index (Phi) is 5.36. The van der Waals surface area contributed by atoms with Crippen LogP contribution in [0.25, 0.3) is 22.6 Å². The number of carbonyl (C=O) groups excluding carboxylic acids is 1. The topological polar surface area (TPSA) is 55.1 Å². The van der Waals surface area contributed by atoms with Crippen LogP contribution in [0, 0.1) is 0 Å². The molecule has 0 fully saturated rings. The van der Waals surface area contributed by atoms with E-state index in [1.54, 1.807) is 12.1 Å². The average Bonchev–Trinajstić information content (AvgIpc) is 3.13. The minimum atomic E-state index is -0.0939. The van der Waals surface area contributed by atoms with E-state index in [2.05, 4.69) is 36.3 Å². The van der Waals surface area contributed by atoms with Crippen LogP contribution in [0.3, 0.4) is 0 Å². The zero-order chi connectivity index (χ0) is 20.4. The Labute approximate surface area is 174 Å². The van der Waals surface area contributed by atoms with Gasteiger partial charge in [0.2, 0.25) is 11.8 Å². The second kappa shape index (κ2) is 8.10. The van der Waals surface area contributed by atoms with Crippen LogP contribution in [0.5, 0.6) is 0 Å². The molecule has 4 nitrogen and oxygen atoms in total. The first kappa shape index (κ1) is 19.2. The normalized spacial score (nSPS) is 11.2. The van der Waals surface area contributed by atoms with Crippen LogP contribution in [-0.2, 0) is 11.2 Å². The Bertz CT molecular complexity index is 1160. The molecule has 0 aliphatic heterocycles. The van der Waals surface area contributed by atoms with Gasteiger partial charge in [0.25, 0.3) is 0 Å². The summed E-state index contributed by atoms with van der Waals surface area (Å²) in [7, 11) is 0. The van der Waals surface area contributed by atoms with Crippen molar-refractivity contribution >= 4 is 34.3 Å². The lowest BCUT2D eigenvalue weighted by atomic mass is 10.0. The fraction of sp³-hybridized carbons (Fsp3) is 0.167. The lowest BCUT2D eigenvalue weighted by molar-refractivity contribution is -0.115. The highest BCUT2D eigenvalue weighted by Gasteiger charge is 2.11. The number of fused-ring (bicyclic) bond motifs is 1. The molecule has 0 saturated carbocycles. The van der Waals surface area contributed by atoms with Crippen molar-refractivity contribution in [3.05, 3.63) is 82.9 Å². The zero-order valence-electron chi connectivity index (χ0n) is 16.3. The maximum absolute atomic E-state index is 12.4. The number of aromatic nitrogens is 1. The Morgan fingerprint density at radius 2 is 1.86 bits per heavy atom. The van der Waals surface area contributed by atoms with E-state index in [0.29, 0.717) is 22.5 Å². The third kappa shape index (κ3) is 4.49. The van der Waals surface area contributed by atoms with Gasteiger partial charge >= 0.3 is 0 Å². The molecule has 1 aromatic heterocycles. The molecule has 0 bridgehead atoms. The summed E-state index contributed by atoms with van der Waals surface area (Å²) in [5.74, 6) is 0.872. The fourth-order valence-corrected chi connectivity index (χ4v) is 3.28. The van der Waals surface area contributed by atoms with Gasteiger partial charge in [0.1, 0.15) is 5.52 Å². The van der Waals surface area contributed by atoms with Crippen LogP contribution in [-0.4, -0.2) is 10.9 Å². The molecule has 4 aromatic rings. The molecular weight excluding hydrogens is 384 g/mol. The number of rotatable bonds is 5. The molecule has 1 heterocycles. The summed E-state index contributed by atoms with van der Waals surface area (Å²) in [5.41, 5.74) is 5.23. The molecule has 0 radical (unpaired) electrons. The van der Waals surface area contributed by atoms with Gasteiger partial charge in [-0.3, -0.25) is 4.79 Å². The van der Waals surface area contributed by atoms with E-state index in [9.17, 15) is 4.79 Å². The molecule has 146 valence electrons. The molecule has 29 heavy (non-hydrogen) atoms. The summed E-state index contributed by atoms with van der Waals surface area (Å²) in [5, 5.41) is 3.59. The van der Waals surface area contributed by atoms with Crippen molar-refractivity contribution in [1.29, 1.82) is 0 Å². The molecular formula is C24H21ClN2O2. The van der Waals surface area contributed by atoms with E-state index in [-0.39, 0.29) is 12.3 Å². The maximum atomic E-state index is 12.4. The van der Waals surface area contributed by atoms with E-state index >= 15 is 0 Å². The number of halogens is 1. The van der Waals surface area contributed by atoms with Crippen molar-refractivity contribution in [3.8, 4) is 11.5 Å². The standard InChI is InChI=1S/C24H21ClN2O2/c1-15(2)17-8-11-22-21(14-17)27-24(29-22)18-4-3-5-20(13-18)26-23(28)12-16-6-9-19(25)10-7-16/h3-11,13-15H,12H2,1-2H3,(H,26,28). The summed E-state index contributed by atoms with van der Waals surface area (Å²) < 4.78 is 5.92. The Hall–Kier alpha value is -3.11. The maximum Gasteiger partial charge on any atom is 0.228 e. The van der Waals surface area contributed by atoms with Gasteiger partial charge in [-0.15, -0.1) is 0 Å². The monoisotopic (exact) mass is 404 g/mol. The molecule has 0 aliphatic rings. The predicted molar refractivity (Wildman–Crippen MR) is 117 cm³/mol.